The van der Waals surface area contributed by atoms with Crippen LogP contribution in [-0.2, 0) is 14.3 Å². The van der Waals surface area contributed by atoms with Crippen molar-refractivity contribution in [3.05, 3.63) is 0 Å². The molecule has 138 valence electrons. The van der Waals surface area contributed by atoms with Crippen molar-refractivity contribution in [2.75, 3.05) is 6.54 Å². The van der Waals surface area contributed by atoms with Gasteiger partial charge in [0, 0.05) is 13.0 Å². The number of aliphatic hydroxyl groups is 1. The number of carbonyl (C=O) groups is 3. The number of ether oxygens (including phenoxy) is 1. The highest BCUT2D eigenvalue weighted by Gasteiger charge is 2.44. The summed E-state index contributed by atoms with van der Waals surface area (Å²) >= 11 is 0. The first-order chi connectivity index (χ1) is 10.7. The average Bonchev–Trinajstić information content (AvgIpc) is 2.74. The van der Waals surface area contributed by atoms with Crippen LogP contribution in [0.5, 0.6) is 0 Å². The van der Waals surface area contributed by atoms with E-state index >= 15 is 0 Å². The van der Waals surface area contributed by atoms with Crippen LogP contribution >= 0.6 is 0 Å². The van der Waals surface area contributed by atoms with E-state index in [1.807, 2.05) is 0 Å². The molecule has 0 saturated carbocycles. The van der Waals surface area contributed by atoms with Gasteiger partial charge in [0.05, 0.1) is 6.10 Å². The van der Waals surface area contributed by atoms with Crippen LogP contribution in [-0.4, -0.2) is 58.2 Å². The van der Waals surface area contributed by atoms with E-state index in [1.54, 1.807) is 41.5 Å². The van der Waals surface area contributed by atoms with Crippen molar-refractivity contribution in [2.45, 2.75) is 71.8 Å². The number of nitrogens with zero attached hydrogens (tertiary/aromatic N) is 1. The summed E-state index contributed by atoms with van der Waals surface area (Å²) in [6, 6.07) is -1.79. The first kappa shape index (κ1) is 20.2. The first-order valence-corrected chi connectivity index (χ1v) is 7.99. The number of primary amides is 1. The Bertz CT molecular complexity index is 507. The Hall–Kier alpha value is -1.83. The standard InChI is InChI=1S/C16H29N3O5/c1-15(2,3)11(18-14(23)24-16(4,5)6)13(22)19-8-9(20)7-10(19)12(17)21/h9-11,20H,7-8H2,1-6H3,(H2,17,21)(H,18,23)/t9-,10-,11+/m0/s1. The average molecular weight is 343 g/mol. The maximum absolute atomic E-state index is 12.9. The fourth-order valence-corrected chi connectivity index (χ4v) is 2.57. The Kier molecular flexibility index (Phi) is 5.86. The number of nitrogens with one attached hydrogen (secondary N) is 1. The molecule has 0 spiro atoms. The first-order valence-electron chi connectivity index (χ1n) is 7.99. The van der Waals surface area contributed by atoms with Crippen molar-refractivity contribution in [3.63, 3.8) is 0 Å². The fourth-order valence-electron chi connectivity index (χ4n) is 2.57. The third-order valence-electron chi connectivity index (χ3n) is 3.66. The maximum Gasteiger partial charge on any atom is 0.408 e. The van der Waals surface area contributed by atoms with E-state index in [9.17, 15) is 19.5 Å². The summed E-state index contributed by atoms with van der Waals surface area (Å²) < 4.78 is 5.21. The highest BCUT2D eigenvalue weighted by Crippen LogP contribution is 2.26. The summed E-state index contributed by atoms with van der Waals surface area (Å²) in [6.07, 6.45) is -1.43. The summed E-state index contributed by atoms with van der Waals surface area (Å²) in [6.45, 7) is 10.5. The molecule has 3 atom stereocenters. The third kappa shape index (κ3) is 5.36. The SMILES string of the molecule is CC(C)(C)OC(=O)N[C@H](C(=O)N1C[C@@H](O)C[C@H]1C(N)=O)C(C)(C)C. The quantitative estimate of drug-likeness (QED) is 0.683. The molecule has 4 N–H and O–H groups in total. The second kappa shape index (κ2) is 6.96. The van der Waals surface area contributed by atoms with Gasteiger partial charge in [0.2, 0.25) is 11.8 Å². The highest BCUT2D eigenvalue weighted by molar-refractivity contribution is 5.91. The van der Waals surface area contributed by atoms with Crippen LogP contribution in [0.1, 0.15) is 48.0 Å². The van der Waals surface area contributed by atoms with Gasteiger partial charge in [-0.1, -0.05) is 20.8 Å². The largest absolute Gasteiger partial charge is 0.444 e. The van der Waals surface area contributed by atoms with Crippen LogP contribution in [0.25, 0.3) is 0 Å². The molecular formula is C16H29N3O5. The molecule has 0 aromatic carbocycles. The number of nitrogens with two attached hydrogens (primary N) is 1. The van der Waals surface area contributed by atoms with Crippen molar-refractivity contribution in [3.8, 4) is 0 Å². The lowest BCUT2D eigenvalue weighted by molar-refractivity contribution is -0.141. The molecule has 8 nitrogen and oxygen atoms in total. The Morgan fingerprint density at radius 1 is 1.21 bits per heavy atom. The zero-order valence-corrected chi connectivity index (χ0v) is 15.3. The lowest BCUT2D eigenvalue weighted by Crippen LogP contribution is -2.57. The van der Waals surface area contributed by atoms with Crippen LogP contribution in [0.3, 0.4) is 0 Å². The van der Waals surface area contributed by atoms with E-state index in [1.165, 1.54) is 4.90 Å². The Balaban J connectivity index is 2.98. The van der Waals surface area contributed by atoms with Gasteiger partial charge in [-0.25, -0.2) is 4.79 Å². The number of aliphatic hydroxyl groups excluding tert-OH is 1. The lowest BCUT2D eigenvalue weighted by Gasteiger charge is -2.35. The van der Waals surface area contributed by atoms with Crippen molar-refractivity contribution in [2.24, 2.45) is 11.1 Å². The predicted molar refractivity (Wildman–Crippen MR) is 87.9 cm³/mol. The lowest BCUT2D eigenvalue weighted by atomic mass is 9.85. The van der Waals surface area contributed by atoms with Crippen molar-refractivity contribution in [1.82, 2.24) is 10.2 Å². The van der Waals surface area contributed by atoms with E-state index in [0.29, 0.717) is 0 Å². The van der Waals surface area contributed by atoms with Crippen LogP contribution in [0, 0.1) is 5.41 Å². The summed E-state index contributed by atoms with van der Waals surface area (Å²) in [5, 5.41) is 12.4. The molecule has 0 bridgehead atoms. The molecular weight excluding hydrogens is 314 g/mol. The summed E-state index contributed by atoms with van der Waals surface area (Å²) in [4.78, 5) is 37.7. The zero-order valence-electron chi connectivity index (χ0n) is 15.3. The van der Waals surface area contributed by atoms with Crippen molar-refractivity contribution < 1.29 is 24.2 Å². The van der Waals surface area contributed by atoms with Crippen molar-refractivity contribution >= 4 is 17.9 Å². The number of likely N-dealkylation sites (tertiary alicyclic amines) is 1. The van der Waals surface area contributed by atoms with E-state index in [2.05, 4.69) is 5.32 Å². The van der Waals surface area contributed by atoms with Crippen LogP contribution in [0.4, 0.5) is 4.79 Å². The molecule has 24 heavy (non-hydrogen) atoms. The molecule has 3 amide bonds. The van der Waals surface area contributed by atoms with Gasteiger partial charge in [0.15, 0.2) is 0 Å². The second-order valence-corrected chi connectivity index (χ2v) is 8.24. The number of β-amino-alcohol motifs (C(OH)–C–C–N with tert-alkyl or cyclic N) is 1. The minimum Gasteiger partial charge on any atom is -0.444 e. The summed E-state index contributed by atoms with van der Waals surface area (Å²) in [7, 11) is 0. The van der Waals surface area contributed by atoms with Gasteiger partial charge in [0.1, 0.15) is 17.7 Å². The molecule has 0 aromatic rings. The molecule has 8 heteroatoms. The van der Waals surface area contributed by atoms with E-state index < -0.39 is 47.1 Å². The van der Waals surface area contributed by atoms with E-state index in [0.717, 1.165) is 0 Å². The number of hydrogen-bond donors (Lipinski definition) is 3. The normalized spacial score (nSPS) is 22.9. The Labute approximate surface area is 142 Å². The fraction of sp³-hybridized carbons (Fsp3) is 0.812. The number of rotatable bonds is 3. The predicted octanol–water partition coefficient (Wildman–Crippen LogP) is 0.373. The molecule has 0 aromatic heterocycles. The molecule has 1 aliphatic heterocycles. The van der Waals surface area contributed by atoms with E-state index in [4.69, 9.17) is 10.5 Å². The Morgan fingerprint density at radius 3 is 2.17 bits per heavy atom. The molecule has 0 radical (unpaired) electrons. The summed E-state index contributed by atoms with van der Waals surface area (Å²) in [5.74, 6) is -1.14. The van der Waals surface area contributed by atoms with E-state index in [-0.39, 0.29) is 13.0 Å². The third-order valence-corrected chi connectivity index (χ3v) is 3.66. The zero-order chi connectivity index (χ0) is 18.9. The van der Waals surface area contributed by atoms with Crippen LogP contribution < -0.4 is 11.1 Å². The van der Waals surface area contributed by atoms with Crippen LogP contribution in [0.15, 0.2) is 0 Å². The topological polar surface area (TPSA) is 122 Å². The van der Waals surface area contributed by atoms with Crippen LogP contribution in [0.2, 0.25) is 0 Å². The van der Waals surface area contributed by atoms with Gasteiger partial charge in [-0.3, -0.25) is 9.59 Å². The highest BCUT2D eigenvalue weighted by atomic mass is 16.6. The smallest absolute Gasteiger partial charge is 0.408 e. The maximum atomic E-state index is 12.9. The Morgan fingerprint density at radius 2 is 1.75 bits per heavy atom. The second-order valence-electron chi connectivity index (χ2n) is 8.24. The molecule has 1 rings (SSSR count). The van der Waals surface area contributed by atoms with Gasteiger partial charge >= 0.3 is 6.09 Å². The van der Waals surface area contributed by atoms with Gasteiger partial charge in [-0.2, -0.15) is 0 Å². The molecule has 1 fully saturated rings. The number of alkyl carbamates (subject to hydrolysis) is 1. The minimum absolute atomic E-state index is 0.00895. The number of hydrogen-bond acceptors (Lipinski definition) is 5. The molecule has 1 heterocycles. The summed E-state index contributed by atoms with van der Waals surface area (Å²) in [5.41, 5.74) is 4.01. The minimum atomic E-state index is -0.917. The molecule has 1 aliphatic rings. The molecule has 0 aliphatic carbocycles. The van der Waals surface area contributed by atoms with Gasteiger partial charge in [-0.15, -0.1) is 0 Å². The number of carbonyl (C=O) groups excluding carboxylic acids is 3. The monoisotopic (exact) mass is 343 g/mol. The van der Waals surface area contributed by atoms with Gasteiger partial charge in [0.25, 0.3) is 0 Å². The molecule has 1 saturated heterocycles. The van der Waals surface area contributed by atoms with Crippen molar-refractivity contribution in [1.29, 1.82) is 0 Å². The van der Waals surface area contributed by atoms with Gasteiger partial charge in [-0.05, 0) is 26.2 Å². The number of amides is 3. The molecule has 0 unspecified atom stereocenters. The van der Waals surface area contributed by atoms with Gasteiger partial charge < -0.3 is 25.8 Å².